The smallest absolute Gasteiger partial charge is 0.226 e. The second-order valence-corrected chi connectivity index (χ2v) is 13.8. The van der Waals surface area contributed by atoms with E-state index >= 15 is 0 Å². The Morgan fingerprint density at radius 3 is 2.47 bits per heavy atom. The lowest BCUT2D eigenvalue weighted by Crippen LogP contribution is -2.56. The van der Waals surface area contributed by atoms with Crippen molar-refractivity contribution in [2.75, 3.05) is 13.1 Å². The number of rotatable bonds is 11. The summed E-state index contributed by atoms with van der Waals surface area (Å²) in [6.07, 6.45) is 5.41. The number of aliphatic hydroxyl groups is 1. The number of ether oxygens (including phenoxy) is 1. The Hall–Kier alpha value is -2.90. The molecule has 2 aromatic rings. The van der Waals surface area contributed by atoms with Gasteiger partial charge in [0.2, 0.25) is 11.8 Å². The van der Waals surface area contributed by atoms with Crippen LogP contribution in [0.1, 0.15) is 89.5 Å². The molecule has 0 aromatic heterocycles. The quantitative estimate of drug-likeness (QED) is 0.335. The first-order valence-electron chi connectivity index (χ1n) is 16.5. The zero-order valence-electron chi connectivity index (χ0n) is 26.6. The Morgan fingerprint density at radius 2 is 1.84 bits per heavy atom. The van der Waals surface area contributed by atoms with Gasteiger partial charge in [0, 0.05) is 43.1 Å². The van der Waals surface area contributed by atoms with Crippen LogP contribution in [0.2, 0.25) is 0 Å². The molecule has 7 heteroatoms. The SMILES string of the molecule is CCc1ccc2c(c1)C(NC[C@@H](O)[C@H](Cc1ccccc1)NC(=O)C1CC(C(C)C)C(=O)N(C(C)C)C1)CC1(CCC1)O2. The molecule has 3 N–H and O–H groups in total. The number of nitrogens with zero attached hydrogens (tertiary/aromatic N) is 1. The van der Waals surface area contributed by atoms with Crippen molar-refractivity contribution in [2.45, 2.75) is 109 Å². The van der Waals surface area contributed by atoms with Gasteiger partial charge in [-0.15, -0.1) is 0 Å². The number of hydrogen-bond donors (Lipinski definition) is 3. The number of carbonyl (C=O) groups is 2. The number of fused-ring (bicyclic) bond motifs is 1. The Bertz CT molecular complexity index is 1240. The number of aryl methyl sites for hydroxylation is 1. The van der Waals surface area contributed by atoms with Gasteiger partial charge < -0.3 is 25.4 Å². The highest BCUT2D eigenvalue weighted by Gasteiger charge is 2.46. The van der Waals surface area contributed by atoms with Gasteiger partial charge in [0.25, 0.3) is 0 Å². The van der Waals surface area contributed by atoms with Gasteiger partial charge >= 0.3 is 0 Å². The van der Waals surface area contributed by atoms with Gasteiger partial charge in [-0.25, -0.2) is 0 Å². The van der Waals surface area contributed by atoms with Crippen LogP contribution in [0.3, 0.4) is 0 Å². The maximum Gasteiger partial charge on any atom is 0.226 e. The third-order valence-corrected chi connectivity index (χ3v) is 10.0. The van der Waals surface area contributed by atoms with Crippen molar-refractivity contribution in [3.05, 3.63) is 65.2 Å². The fourth-order valence-corrected chi connectivity index (χ4v) is 7.09. The minimum Gasteiger partial charge on any atom is -0.487 e. The highest BCUT2D eigenvalue weighted by Crippen LogP contribution is 2.49. The van der Waals surface area contributed by atoms with Crippen LogP contribution in [0.15, 0.2) is 48.5 Å². The molecule has 3 unspecified atom stereocenters. The van der Waals surface area contributed by atoms with Crippen LogP contribution < -0.4 is 15.4 Å². The number of likely N-dealkylation sites (tertiary alicyclic amines) is 1. The molecule has 1 aliphatic carbocycles. The Labute approximate surface area is 257 Å². The lowest BCUT2D eigenvalue weighted by atomic mass is 9.72. The monoisotopic (exact) mass is 589 g/mol. The van der Waals surface area contributed by atoms with E-state index in [0.717, 1.165) is 42.6 Å². The van der Waals surface area contributed by atoms with E-state index in [0.29, 0.717) is 25.9 Å². The van der Waals surface area contributed by atoms with E-state index in [2.05, 4.69) is 49.6 Å². The molecule has 2 aliphatic heterocycles. The topological polar surface area (TPSA) is 90.9 Å². The van der Waals surface area contributed by atoms with Crippen LogP contribution in [0.5, 0.6) is 5.75 Å². The van der Waals surface area contributed by atoms with Crippen molar-refractivity contribution in [3.8, 4) is 5.75 Å². The molecular formula is C36H51N3O4. The third kappa shape index (κ3) is 7.09. The van der Waals surface area contributed by atoms with E-state index in [1.54, 1.807) is 0 Å². The van der Waals surface area contributed by atoms with Gasteiger partial charge in [0.05, 0.1) is 18.1 Å². The van der Waals surface area contributed by atoms with E-state index in [4.69, 9.17) is 4.74 Å². The highest BCUT2D eigenvalue weighted by atomic mass is 16.5. The first-order chi connectivity index (χ1) is 20.6. The van der Waals surface area contributed by atoms with Gasteiger partial charge in [-0.1, -0.05) is 63.2 Å². The van der Waals surface area contributed by atoms with Gasteiger partial charge in [-0.2, -0.15) is 0 Å². The van der Waals surface area contributed by atoms with Gasteiger partial charge in [0.15, 0.2) is 0 Å². The summed E-state index contributed by atoms with van der Waals surface area (Å²) < 4.78 is 6.51. The number of amides is 2. The Balaban J connectivity index is 1.32. The highest BCUT2D eigenvalue weighted by molar-refractivity contribution is 5.85. The largest absolute Gasteiger partial charge is 0.487 e. The van der Waals surface area contributed by atoms with Crippen molar-refractivity contribution < 1.29 is 19.4 Å². The van der Waals surface area contributed by atoms with Crippen molar-refractivity contribution in [1.82, 2.24) is 15.5 Å². The second-order valence-electron chi connectivity index (χ2n) is 13.8. The zero-order valence-corrected chi connectivity index (χ0v) is 26.6. The normalized spacial score (nSPS) is 24.3. The van der Waals surface area contributed by atoms with Crippen molar-refractivity contribution in [3.63, 3.8) is 0 Å². The molecule has 1 saturated carbocycles. The number of nitrogens with one attached hydrogen (secondary N) is 2. The predicted molar refractivity (Wildman–Crippen MR) is 170 cm³/mol. The fourth-order valence-electron chi connectivity index (χ4n) is 7.09. The average Bonchev–Trinajstić information content (AvgIpc) is 2.98. The molecule has 3 aliphatic rings. The second kappa shape index (κ2) is 13.4. The van der Waals surface area contributed by atoms with E-state index in [1.165, 1.54) is 12.0 Å². The summed E-state index contributed by atoms with van der Waals surface area (Å²) in [7, 11) is 0. The maximum atomic E-state index is 13.8. The first-order valence-corrected chi connectivity index (χ1v) is 16.5. The van der Waals surface area contributed by atoms with Crippen LogP contribution in [0, 0.1) is 17.8 Å². The minimum absolute atomic E-state index is 0.0359. The van der Waals surface area contributed by atoms with Crippen LogP contribution in [-0.2, 0) is 22.4 Å². The number of piperidine rings is 1. The molecule has 43 heavy (non-hydrogen) atoms. The molecule has 1 spiro atoms. The molecule has 0 bridgehead atoms. The third-order valence-electron chi connectivity index (χ3n) is 10.0. The molecule has 7 nitrogen and oxygen atoms in total. The molecule has 5 atom stereocenters. The summed E-state index contributed by atoms with van der Waals surface area (Å²) in [5.74, 6) is 0.692. The molecule has 2 aromatic carbocycles. The van der Waals surface area contributed by atoms with E-state index in [-0.39, 0.29) is 47.3 Å². The Morgan fingerprint density at radius 1 is 1.09 bits per heavy atom. The summed E-state index contributed by atoms with van der Waals surface area (Å²) in [6.45, 7) is 11.1. The van der Waals surface area contributed by atoms with E-state index < -0.39 is 12.1 Å². The minimum atomic E-state index is -0.797. The maximum absolute atomic E-state index is 13.8. The molecule has 1 saturated heterocycles. The standard InChI is InChI=1S/C36H51N3O4/c1-6-25-13-14-33-29(17-25)31(20-36(43-33)15-10-16-36)37-21-32(40)30(18-26-11-8-7-9-12-26)38-34(41)27-19-28(23(2)3)35(42)39(22-27)24(4)5/h7-9,11-14,17,23-24,27-28,30-32,37,40H,6,10,15-16,18-22H2,1-5H3,(H,38,41)/t27?,28?,30-,31?,32+/m0/s1. The average molecular weight is 590 g/mol. The van der Waals surface area contributed by atoms with Gasteiger partial charge in [-0.3, -0.25) is 9.59 Å². The lowest BCUT2D eigenvalue weighted by Gasteiger charge is -2.48. The molecule has 2 heterocycles. The number of benzene rings is 2. The van der Waals surface area contributed by atoms with Crippen LogP contribution >= 0.6 is 0 Å². The Kier molecular flexibility index (Phi) is 9.82. The van der Waals surface area contributed by atoms with E-state index in [1.807, 2.05) is 49.1 Å². The first kappa shape index (κ1) is 31.5. The summed E-state index contributed by atoms with van der Waals surface area (Å²) in [4.78, 5) is 28.8. The summed E-state index contributed by atoms with van der Waals surface area (Å²) >= 11 is 0. The van der Waals surface area contributed by atoms with Crippen molar-refractivity contribution in [1.29, 1.82) is 0 Å². The van der Waals surface area contributed by atoms with Crippen LogP contribution in [0.25, 0.3) is 0 Å². The summed E-state index contributed by atoms with van der Waals surface area (Å²) in [5.41, 5.74) is 3.38. The molecule has 234 valence electrons. The number of hydrogen-bond acceptors (Lipinski definition) is 5. The van der Waals surface area contributed by atoms with Gasteiger partial charge in [-0.05, 0) is 75.5 Å². The van der Waals surface area contributed by atoms with Crippen LogP contribution in [-0.4, -0.2) is 58.7 Å². The van der Waals surface area contributed by atoms with Crippen molar-refractivity contribution >= 4 is 11.8 Å². The number of aliphatic hydroxyl groups excluding tert-OH is 1. The van der Waals surface area contributed by atoms with Crippen molar-refractivity contribution in [2.24, 2.45) is 17.8 Å². The van der Waals surface area contributed by atoms with Gasteiger partial charge in [0.1, 0.15) is 11.4 Å². The summed E-state index contributed by atoms with van der Waals surface area (Å²) in [6, 6.07) is 16.2. The van der Waals surface area contributed by atoms with Crippen LogP contribution in [0.4, 0.5) is 0 Å². The molecular weight excluding hydrogens is 538 g/mol. The van der Waals surface area contributed by atoms with E-state index in [9.17, 15) is 14.7 Å². The molecule has 2 amide bonds. The molecule has 2 fully saturated rings. The number of carbonyl (C=O) groups excluding carboxylic acids is 2. The molecule has 5 rings (SSSR count). The fraction of sp³-hybridized carbons (Fsp3) is 0.611. The lowest BCUT2D eigenvalue weighted by molar-refractivity contribution is -0.147. The predicted octanol–water partition coefficient (Wildman–Crippen LogP) is 5.20. The molecule has 0 radical (unpaired) electrons. The summed E-state index contributed by atoms with van der Waals surface area (Å²) in [5, 5.41) is 18.6. The zero-order chi connectivity index (χ0) is 30.7.